The van der Waals surface area contributed by atoms with Crippen molar-refractivity contribution in [2.75, 3.05) is 17.2 Å². The van der Waals surface area contributed by atoms with Crippen LogP contribution in [0.3, 0.4) is 0 Å². The Kier molecular flexibility index (Phi) is 3.97. The van der Waals surface area contributed by atoms with E-state index in [0.717, 1.165) is 19.4 Å². The van der Waals surface area contributed by atoms with Gasteiger partial charge in [-0.15, -0.1) is 0 Å². The minimum atomic E-state index is -0.464. The smallest absolute Gasteiger partial charge is 0.167 e. The molecule has 1 aromatic rings. The summed E-state index contributed by atoms with van der Waals surface area (Å²) in [5, 5.41) is 9.58. The lowest BCUT2D eigenvalue weighted by atomic mass is 10.1. The monoisotopic (exact) mass is 272 g/mol. The number of hydrogen-bond acceptors (Lipinski definition) is 3. The number of nitrogens with two attached hydrogens (primary N) is 1. The highest BCUT2D eigenvalue weighted by molar-refractivity contribution is 6.31. The average Bonchev–Trinajstić information content (AvgIpc) is 2.72. The van der Waals surface area contributed by atoms with E-state index in [0.29, 0.717) is 17.8 Å². The van der Waals surface area contributed by atoms with E-state index in [9.17, 15) is 9.50 Å². The Labute approximate surface area is 111 Å². The van der Waals surface area contributed by atoms with Gasteiger partial charge in [0.15, 0.2) is 5.82 Å². The summed E-state index contributed by atoms with van der Waals surface area (Å²) in [5.41, 5.74) is 6.64. The summed E-state index contributed by atoms with van der Waals surface area (Å²) in [7, 11) is 0. The molecule has 0 aromatic heterocycles. The Bertz CT molecular complexity index is 439. The van der Waals surface area contributed by atoms with E-state index in [4.69, 9.17) is 17.3 Å². The molecule has 1 aromatic carbocycles. The van der Waals surface area contributed by atoms with Gasteiger partial charge in [0.2, 0.25) is 0 Å². The van der Waals surface area contributed by atoms with E-state index in [1.165, 1.54) is 6.07 Å². The fourth-order valence-corrected chi connectivity index (χ4v) is 2.77. The molecule has 1 aliphatic rings. The first kappa shape index (κ1) is 13.4. The van der Waals surface area contributed by atoms with E-state index in [2.05, 4.69) is 0 Å². The van der Waals surface area contributed by atoms with Crippen molar-refractivity contribution < 1.29 is 9.50 Å². The van der Waals surface area contributed by atoms with Crippen LogP contribution in [-0.4, -0.2) is 23.8 Å². The standard InChI is InChI=1S/C13H18ClFN2O/c1-8(18)7-9-3-2-6-17(9)13-11(16)5-4-10(14)12(13)15/h4-5,8-9,18H,2-3,6-7,16H2,1H3. The summed E-state index contributed by atoms with van der Waals surface area (Å²) in [5.74, 6) is -0.464. The molecule has 3 N–H and O–H groups in total. The van der Waals surface area contributed by atoms with Crippen molar-refractivity contribution >= 4 is 23.0 Å². The van der Waals surface area contributed by atoms with Gasteiger partial charge in [0.05, 0.1) is 22.5 Å². The van der Waals surface area contributed by atoms with Gasteiger partial charge in [0, 0.05) is 12.6 Å². The molecule has 2 rings (SSSR count). The number of aliphatic hydroxyl groups is 1. The van der Waals surface area contributed by atoms with Crippen molar-refractivity contribution in [2.24, 2.45) is 0 Å². The van der Waals surface area contributed by atoms with Crippen molar-refractivity contribution in [3.05, 3.63) is 23.0 Å². The molecule has 1 fully saturated rings. The normalized spacial score (nSPS) is 21.3. The van der Waals surface area contributed by atoms with Crippen LogP contribution >= 0.6 is 11.6 Å². The van der Waals surface area contributed by atoms with Crippen LogP contribution in [0, 0.1) is 5.82 Å². The van der Waals surface area contributed by atoms with Crippen LogP contribution in [-0.2, 0) is 0 Å². The molecular weight excluding hydrogens is 255 g/mol. The Morgan fingerprint density at radius 1 is 1.61 bits per heavy atom. The minimum absolute atomic E-state index is 0.0851. The first-order valence-corrected chi connectivity index (χ1v) is 6.56. The average molecular weight is 273 g/mol. The van der Waals surface area contributed by atoms with Gasteiger partial charge < -0.3 is 15.7 Å². The van der Waals surface area contributed by atoms with Crippen molar-refractivity contribution in [2.45, 2.75) is 38.3 Å². The molecule has 2 unspecified atom stereocenters. The third kappa shape index (κ3) is 2.54. The summed E-state index contributed by atoms with van der Waals surface area (Å²) >= 11 is 5.81. The van der Waals surface area contributed by atoms with Gasteiger partial charge in [-0.2, -0.15) is 0 Å². The molecule has 0 aliphatic carbocycles. The minimum Gasteiger partial charge on any atom is -0.397 e. The van der Waals surface area contributed by atoms with Crippen molar-refractivity contribution in [1.29, 1.82) is 0 Å². The molecule has 0 bridgehead atoms. The van der Waals surface area contributed by atoms with Gasteiger partial charge in [-0.25, -0.2) is 4.39 Å². The molecule has 0 spiro atoms. The number of benzene rings is 1. The zero-order valence-electron chi connectivity index (χ0n) is 10.4. The van der Waals surface area contributed by atoms with E-state index in [-0.39, 0.29) is 11.1 Å². The fraction of sp³-hybridized carbons (Fsp3) is 0.538. The number of hydrogen-bond donors (Lipinski definition) is 2. The predicted molar refractivity (Wildman–Crippen MR) is 72.5 cm³/mol. The maximum Gasteiger partial charge on any atom is 0.167 e. The summed E-state index contributed by atoms with van der Waals surface area (Å²) in [6.45, 7) is 2.49. The third-order valence-corrected chi connectivity index (χ3v) is 3.67. The lowest BCUT2D eigenvalue weighted by Gasteiger charge is -2.29. The first-order valence-electron chi connectivity index (χ1n) is 6.19. The predicted octanol–water partition coefficient (Wildman–Crippen LogP) is 2.80. The Morgan fingerprint density at radius 3 is 3.00 bits per heavy atom. The molecule has 2 atom stereocenters. The Hall–Kier alpha value is -1.000. The number of halogens is 2. The van der Waals surface area contributed by atoms with E-state index < -0.39 is 11.9 Å². The van der Waals surface area contributed by atoms with Crippen molar-refractivity contribution in [3.8, 4) is 0 Å². The van der Waals surface area contributed by atoms with Gasteiger partial charge in [-0.3, -0.25) is 0 Å². The second kappa shape index (κ2) is 5.33. The van der Waals surface area contributed by atoms with Crippen LogP contribution in [0.25, 0.3) is 0 Å². The highest BCUT2D eigenvalue weighted by atomic mass is 35.5. The van der Waals surface area contributed by atoms with Crippen molar-refractivity contribution in [3.63, 3.8) is 0 Å². The summed E-state index contributed by atoms with van der Waals surface area (Å²) in [6.07, 6.45) is 2.13. The number of rotatable bonds is 3. The molecule has 0 radical (unpaired) electrons. The largest absolute Gasteiger partial charge is 0.397 e. The van der Waals surface area contributed by atoms with Gasteiger partial charge in [0.1, 0.15) is 0 Å². The van der Waals surface area contributed by atoms with Gasteiger partial charge in [0.25, 0.3) is 0 Å². The van der Waals surface area contributed by atoms with Crippen LogP contribution in [0.4, 0.5) is 15.8 Å². The zero-order valence-corrected chi connectivity index (χ0v) is 11.1. The van der Waals surface area contributed by atoms with Gasteiger partial charge in [-0.05, 0) is 38.3 Å². The SMILES string of the molecule is CC(O)CC1CCCN1c1c(N)ccc(Cl)c1F. The quantitative estimate of drug-likeness (QED) is 0.832. The molecule has 1 heterocycles. The van der Waals surface area contributed by atoms with E-state index in [1.54, 1.807) is 13.0 Å². The molecule has 0 amide bonds. The first-order chi connectivity index (χ1) is 8.50. The maximum absolute atomic E-state index is 14.1. The highest BCUT2D eigenvalue weighted by Gasteiger charge is 2.29. The number of nitrogen functional groups attached to an aromatic ring is 1. The molecule has 1 aliphatic heterocycles. The number of nitrogens with zero attached hydrogens (tertiary/aromatic N) is 1. The topological polar surface area (TPSA) is 49.5 Å². The lowest BCUT2D eigenvalue weighted by Crippen LogP contribution is -2.33. The third-order valence-electron chi connectivity index (χ3n) is 3.38. The zero-order chi connectivity index (χ0) is 13.3. The van der Waals surface area contributed by atoms with E-state index in [1.807, 2.05) is 4.90 Å². The number of anilines is 2. The summed E-state index contributed by atoms with van der Waals surface area (Å²) in [4.78, 5) is 1.93. The molecule has 18 heavy (non-hydrogen) atoms. The molecule has 1 saturated heterocycles. The maximum atomic E-state index is 14.1. The second-order valence-electron chi connectivity index (χ2n) is 4.87. The summed E-state index contributed by atoms with van der Waals surface area (Å²) in [6, 6.07) is 3.22. The fourth-order valence-electron chi connectivity index (χ4n) is 2.62. The van der Waals surface area contributed by atoms with Crippen LogP contribution in [0.1, 0.15) is 26.2 Å². The molecular formula is C13H18ClFN2O. The molecule has 3 nitrogen and oxygen atoms in total. The Balaban J connectivity index is 2.33. The van der Waals surface area contributed by atoms with Crippen LogP contribution in [0.2, 0.25) is 5.02 Å². The van der Waals surface area contributed by atoms with Gasteiger partial charge >= 0.3 is 0 Å². The van der Waals surface area contributed by atoms with Crippen molar-refractivity contribution in [1.82, 2.24) is 0 Å². The van der Waals surface area contributed by atoms with Crippen LogP contribution < -0.4 is 10.6 Å². The van der Waals surface area contributed by atoms with Gasteiger partial charge in [-0.1, -0.05) is 11.6 Å². The van der Waals surface area contributed by atoms with Crippen LogP contribution in [0.15, 0.2) is 12.1 Å². The molecule has 0 saturated carbocycles. The van der Waals surface area contributed by atoms with E-state index >= 15 is 0 Å². The summed E-state index contributed by atoms with van der Waals surface area (Å²) < 4.78 is 14.1. The van der Waals surface area contributed by atoms with Crippen LogP contribution in [0.5, 0.6) is 0 Å². The Morgan fingerprint density at radius 2 is 2.33 bits per heavy atom. The lowest BCUT2D eigenvalue weighted by molar-refractivity contribution is 0.175. The molecule has 5 heteroatoms. The second-order valence-corrected chi connectivity index (χ2v) is 5.28. The number of aliphatic hydroxyl groups excluding tert-OH is 1. The molecule has 100 valence electrons. The highest BCUT2D eigenvalue weighted by Crippen LogP contribution is 2.37.